The maximum absolute atomic E-state index is 12.6. The maximum atomic E-state index is 12.6. The van der Waals surface area contributed by atoms with Gasteiger partial charge in [0.15, 0.2) is 5.16 Å². The summed E-state index contributed by atoms with van der Waals surface area (Å²) in [6.07, 6.45) is 3.63. The van der Waals surface area contributed by atoms with Crippen molar-refractivity contribution in [3.05, 3.63) is 41.7 Å². The van der Waals surface area contributed by atoms with Gasteiger partial charge in [0.2, 0.25) is 15.9 Å². The Bertz CT molecular complexity index is 928. The number of aromatic nitrogens is 2. The highest BCUT2D eigenvalue weighted by Gasteiger charge is 2.27. The summed E-state index contributed by atoms with van der Waals surface area (Å²) in [6.45, 7) is 7.35. The Morgan fingerprint density at radius 2 is 1.75 bits per heavy atom. The molecule has 0 bridgehead atoms. The molecule has 1 aliphatic heterocycles. The van der Waals surface area contributed by atoms with E-state index in [0.29, 0.717) is 26.2 Å². The normalized spacial score (nSPS) is 15.8. The Balaban J connectivity index is 1.60. The zero-order valence-corrected chi connectivity index (χ0v) is 18.1. The summed E-state index contributed by atoms with van der Waals surface area (Å²) in [5.41, 5.74) is 3.38. The fraction of sp³-hybridized carbons (Fsp3) is 0.474. The highest BCUT2D eigenvalue weighted by Crippen LogP contribution is 2.23. The molecule has 2 aromatic rings. The van der Waals surface area contributed by atoms with Crippen LogP contribution in [0.1, 0.15) is 18.1 Å². The minimum absolute atomic E-state index is 0.00789. The number of thioether (sulfide) groups is 1. The molecule has 0 atom stereocenters. The second-order valence-corrected chi connectivity index (χ2v) is 10.1. The molecule has 0 radical (unpaired) electrons. The van der Waals surface area contributed by atoms with Crippen LogP contribution in [-0.4, -0.2) is 70.8 Å². The Morgan fingerprint density at radius 3 is 2.36 bits per heavy atom. The van der Waals surface area contributed by atoms with Gasteiger partial charge < -0.3 is 4.90 Å². The van der Waals surface area contributed by atoms with E-state index in [1.807, 2.05) is 10.8 Å². The molecule has 152 valence electrons. The third-order valence-electron chi connectivity index (χ3n) is 4.77. The van der Waals surface area contributed by atoms with Gasteiger partial charge in [0.05, 0.1) is 11.5 Å². The molecule has 3 rings (SSSR count). The summed E-state index contributed by atoms with van der Waals surface area (Å²) in [5, 5.41) is 0.769. The maximum Gasteiger partial charge on any atom is 0.233 e. The third-order valence-corrected chi connectivity index (χ3v) is 7.60. The Morgan fingerprint density at radius 1 is 1.11 bits per heavy atom. The highest BCUT2D eigenvalue weighted by molar-refractivity contribution is 7.99. The van der Waals surface area contributed by atoms with E-state index in [1.54, 1.807) is 18.0 Å². The summed E-state index contributed by atoms with van der Waals surface area (Å²) in [6, 6.07) is 6.30. The second-order valence-electron chi connectivity index (χ2n) is 6.89. The van der Waals surface area contributed by atoms with Crippen LogP contribution in [0.3, 0.4) is 0 Å². The van der Waals surface area contributed by atoms with Crippen LogP contribution in [0, 0.1) is 13.8 Å². The molecule has 0 spiro atoms. The first-order valence-corrected chi connectivity index (χ1v) is 11.9. The molecular weight excluding hydrogens is 396 g/mol. The average molecular weight is 423 g/mol. The van der Waals surface area contributed by atoms with E-state index in [4.69, 9.17) is 0 Å². The van der Waals surface area contributed by atoms with Crippen molar-refractivity contribution in [1.29, 1.82) is 0 Å². The standard InChI is InChI=1S/C19H26N4O3S2/c1-4-28(25,26)22-9-7-21(8-10-22)18(24)14-27-19-20-5-6-23(19)17-12-15(2)11-16(3)13-17/h5-6,11-13H,4,7-10,14H2,1-3H3. The van der Waals surface area contributed by atoms with Crippen molar-refractivity contribution in [2.75, 3.05) is 37.7 Å². The number of benzene rings is 1. The summed E-state index contributed by atoms with van der Waals surface area (Å²) in [4.78, 5) is 18.7. The molecule has 1 aliphatic rings. The molecule has 0 unspecified atom stereocenters. The van der Waals surface area contributed by atoms with Gasteiger partial charge in [-0.3, -0.25) is 9.36 Å². The van der Waals surface area contributed by atoms with Crippen LogP contribution in [0.2, 0.25) is 0 Å². The number of hydrogen-bond acceptors (Lipinski definition) is 5. The molecule has 1 amide bonds. The van der Waals surface area contributed by atoms with Crippen LogP contribution >= 0.6 is 11.8 Å². The van der Waals surface area contributed by atoms with Crippen LogP contribution in [0.4, 0.5) is 0 Å². The molecule has 1 aromatic heterocycles. The Kier molecular flexibility index (Phi) is 6.47. The number of amides is 1. The first-order valence-electron chi connectivity index (χ1n) is 9.30. The first kappa shape index (κ1) is 20.9. The fourth-order valence-corrected chi connectivity index (χ4v) is 5.26. The number of sulfonamides is 1. The number of carbonyl (C=O) groups excluding carboxylic acids is 1. The fourth-order valence-electron chi connectivity index (χ4n) is 3.30. The molecule has 28 heavy (non-hydrogen) atoms. The Labute approximate surface area is 170 Å². The number of hydrogen-bond donors (Lipinski definition) is 0. The number of piperazine rings is 1. The van der Waals surface area contributed by atoms with Gasteiger partial charge >= 0.3 is 0 Å². The van der Waals surface area contributed by atoms with Crippen molar-refractivity contribution >= 4 is 27.7 Å². The van der Waals surface area contributed by atoms with Crippen LogP contribution in [0.25, 0.3) is 5.69 Å². The Hall–Kier alpha value is -1.84. The van der Waals surface area contributed by atoms with E-state index in [-0.39, 0.29) is 17.4 Å². The van der Waals surface area contributed by atoms with Gasteiger partial charge in [-0.25, -0.2) is 13.4 Å². The smallest absolute Gasteiger partial charge is 0.233 e. The van der Waals surface area contributed by atoms with Crippen molar-refractivity contribution in [3.63, 3.8) is 0 Å². The first-order chi connectivity index (χ1) is 13.3. The summed E-state index contributed by atoms with van der Waals surface area (Å²) in [7, 11) is -3.18. The van der Waals surface area contributed by atoms with Crippen molar-refractivity contribution in [1.82, 2.24) is 18.8 Å². The minimum Gasteiger partial charge on any atom is -0.339 e. The molecule has 7 nitrogen and oxygen atoms in total. The lowest BCUT2D eigenvalue weighted by Gasteiger charge is -2.33. The van der Waals surface area contributed by atoms with E-state index < -0.39 is 10.0 Å². The molecule has 9 heteroatoms. The van der Waals surface area contributed by atoms with Crippen molar-refractivity contribution < 1.29 is 13.2 Å². The molecule has 1 saturated heterocycles. The average Bonchev–Trinajstić information content (AvgIpc) is 3.14. The predicted octanol–water partition coefficient (Wildman–Crippen LogP) is 2.08. The molecule has 0 saturated carbocycles. The number of imidazole rings is 1. The molecule has 0 aliphatic carbocycles. The number of carbonyl (C=O) groups is 1. The van der Waals surface area contributed by atoms with E-state index in [9.17, 15) is 13.2 Å². The van der Waals surface area contributed by atoms with E-state index in [0.717, 1.165) is 10.8 Å². The predicted molar refractivity (Wildman–Crippen MR) is 111 cm³/mol. The molecule has 1 aromatic carbocycles. The number of rotatable bonds is 6. The van der Waals surface area contributed by atoms with Crippen LogP contribution in [0.5, 0.6) is 0 Å². The summed E-state index contributed by atoms with van der Waals surface area (Å²) in [5.74, 6) is 0.383. The van der Waals surface area contributed by atoms with Gasteiger partial charge in [-0.05, 0) is 44.0 Å². The number of aryl methyl sites for hydroxylation is 2. The highest BCUT2D eigenvalue weighted by atomic mass is 32.2. The summed E-state index contributed by atoms with van der Waals surface area (Å²) < 4.78 is 27.3. The van der Waals surface area contributed by atoms with Gasteiger partial charge in [-0.2, -0.15) is 4.31 Å². The van der Waals surface area contributed by atoms with E-state index >= 15 is 0 Å². The van der Waals surface area contributed by atoms with Crippen LogP contribution < -0.4 is 0 Å². The quantitative estimate of drug-likeness (QED) is 0.666. The van der Waals surface area contributed by atoms with Crippen molar-refractivity contribution in [2.45, 2.75) is 25.9 Å². The molecular formula is C19H26N4O3S2. The van der Waals surface area contributed by atoms with Gasteiger partial charge in [-0.1, -0.05) is 17.8 Å². The second kappa shape index (κ2) is 8.67. The number of nitrogens with zero attached hydrogens (tertiary/aromatic N) is 4. The minimum atomic E-state index is -3.18. The molecule has 1 fully saturated rings. The van der Waals surface area contributed by atoms with E-state index in [1.165, 1.54) is 27.2 Å². The zero-order valence-electron chi connectivity index (χ0n) is 16.5. The van der Waals surface area contributed by atoms with E-state index in [2.05, 4.69) is 37.0 Å². The van der Waals surface area contributed by atoms with Gasteiger partial charge in [0, 0.05) is 44.3 Å². The topological polar surface area (TPSA) is 75.5 Å². The van der Waals surface area contributed by atoms with Crippen molar-refractivity contribution in [2.24, 2.45) is 0 Å². The lowest BCUT2D eigenvalue weighted by molar-refractivity contribution is -0.129. The van der Waals surface area contributed by atoms with Crippen LogP contribution in [-0.2, 0) is 14.8 Å². The largest absolute Gasteiger partial charge is 0.339 e. The lowest BCUT2D eigenvalue weighted by Crippen LogP contribution is -2.51. The monoisotopic (exact) mass is 422 g/mol. The molecule has 2 heterocycles. The van der Waals surface area contributed by atoms with Crippen LogP contribution in [0.15, 0.2) is 35.7 Å². The SMILES string of the molecule is CCS(=O)(=O)N1CCN(C(=O)CSc2nccn2-c2cc(C)cc(C)c2)CC1. The van der Waals surface area contributed by atoms with Gasteiger partial charge in [-0.15, -0.1) is 0 Å². The summed E-state index contributed by atoms with van der Waals surface area (Å²) >= 11 is 1.40. The third kappa shape index (κ3) is 4.76. The lowest BCUT2D eigenvalue weighted by atomic mass is 10.1. The zero-order chi connectivity index (χ0) is 20.3. The van der Waals surface area contributed by atoms with Gasteiger partial charge in [0.1, 0.15) is 0 Å². The van der Waals surface area contributed by atoms with Crippen molar-refractivity contribution in [3.8, 4) is 5.69 Å². The molecule has 0 N–H and O–H groups in total. The van der Waals surface area contributed by atoms with Gasteiger partial charge in [0.25, 0.3) is 0 Å².